The monoisotopic (exact) mass is 263 g/mol. The number of aromatic nitrogens is 4. The highest BCUT2D eigenvalue weighted by molar-refractivity contribution is 5.46. The van der Waals surface area contributed by atoms with Crippen LogP contribution in [0.25, 0.3) is 0 Å². The minimum absolute atomic E-state index is 0.540. The van der Waals surface area contributed by atoms with E-state index in [9.17, 15) is 0 Å². The van der Waals surface area contributed by atoms with Gasteiger partial charge in [0.15, 0.2) is 17.3 Å². The number of rotatable bonds is 7. The van der Waals surface area contributed by atoms with Crippen molar-refractivity contribution in [3.8, 4) is 11.5 Å². The molecule has 0 aliphatic carbocycles. The fourth-order valence-electron chi connectivity index (χ4n) is 1.77. The van der Waals surface area contributed by atoms with Crippen molar-refractivity contribution < 1.29 is 9.47 Å². The third kappa shape index (κ3) is 3.41. The quantitative estimate of drug-likeness (QED) is 0.772. The van der Waals surface area contributed by atoms with Crippen molar-refractivity contribution in [3.05, 3.63) is 29.6 Å². The molecule has 2 N–H and O–H groups in total. The van der Waals surface area contributed by atoms with E-state index >= 15 is 0 Å². The number of H-pyrrole nitrogens is 1. The van der Waals surface area contributed by atoms with Crippen molar-refractivity contribution >= 4 is 0 Å². The molecule has 7 nitrogen and oxygen atoms in total. The Labute approximate surface area is 111 Å². The highest BCUT2D eigenvalue weighted by atomic mass is 16.5. The zero-order valence-electron chi connectivity index (χ0n) is 11.0. The number of aromatic amines is 1. The van der Waals surface area contributed by atoms with E-state index in [0.29, 0.717) is 25.5 Å². The Bertz CT molecular complexity index is 501. The molecule has 0 saturated heterocycles. The summed E-state index contributed by atoms with van der Waals surface area (Å²) in [5.41, 5.74) is 1.02. The molecule has 0 unspecified atom stereocenters. The van der Waals surface area contributed by atoms with Crippen molar-refractivity contribution in [3.63, 3.8) is 0 Å². The largest absolute Gasteiger partial charge is 0.493 e. The maximum atomic E-state index is 5.53. The topological polar surface area (TPSA) is 85.0 Å². The summed E-state index contributed by atoms with van der Waals surface area (Å²) >= 11 is 0. The fraction of sp³-hybridized carbons (Fsp3) is 0.417. The highest BCUT2D eigenvalue weighted by Gasteiger charge is 2.09. The number of para-hydroxylation sites is 1. The summed E-state index contributed by atoms with van der Waals surface area (Å²) in [5.74, 6) is 2.13. The van der Waals surface area contributed by atoms with Gasteiger partial charge < -0.3 is 14.8 Å². The minimum atomic E-state index is 0.540. The first-order valence-corrected chi connectivity index (χ1v) is 6.06. The van der Waals surface area contributed by atoms with E-state index in [4.69, 9.17) is 9.47 Å². The second-order valence-electron chi connectivity index (χ2n) is 3.81. The summed E-state index contributed by atoms with van der Waals surface area (Å²) in [5, 5.41) is 16.9. The van der Waals surface area contributed by atoms with E-state index < -0.39 is 0 Å². The predicted octanol–water partition coefficient (Wildman–Crippen LogP) is 0.897. The van der Waals surface area contributed by atoms with Crippen molar-refractivity contribution in [2.75, 3.05) is 13.7 Å². The molecule has 0 saturated carbocycles. The molecule has 0 radical (unpaired) electrons. The Hall–Kier alpha value is -2.15. The van der Waals surface area contributed by atoms with E-state index in [0.717, 1.165) is 17.1 Å². The maximum absolute atomic E-state index is 5.53. The molecule has 1 aromatic heterocycles. The number of nitrogens with zero attached hydrogens (tertiary/aromatic N) is 3. The lowest BCUT2D eigenvalue weighted by Crippen LogP contribution is -2.14. The predicted molar refractivity (Wildman–Crippen MR) is 68.9 cm³/mol. The van der Waals surface area contributed by atoms with E-state index in [-0.39, 0.29) is 0 Å². The molecule has 0 atom stereocenters. The van der Waals surface area contributed by atoms with Crippen LogP contribution in [0.15, 0.2) is 18.2 Å². The summed E-state index contributed by atoms with van der Waals surface area (Å²) in [6, 6.07) is 5.83. The molecule has 0 spiro atoms. The Morgan fingerprint density at radius 3 is 2.89 bits per heavy atom. The number of methoxy groups -OCH3 is 1. The number of hydrogen-bond donors (Lipinski definition) is 2. The maximum Gasteiger partial charge on any atom is 0.188 e. The molecule has 2 rings (SSSR count). The Morgan fingerprint density at radius 1 is 1.32 bits per heavy atom. The molecule has 102 valence electrons. The van der Waals surface area contributed by atoms with Crippen LogP contribution >= 0.6 is 0 Å². The Kier molecular flexibility index (Phi) is 4.68. The van der Waals surface area contributed by atoms with E-state index in [1.54, 1.807) is 7.11 Å². The summed E-state index contributed by atoms with van der Waals surface area (Å²) < 4.78 is 10.9. The number of hydrogen-bond acceptors (Lipinski definition) is 6. The van der Waals surface area contributed by atoms with Gasteiger partial charge in [-0.25, -0.2) is 0 Å². The second-order valence-corrected chi connectivity index (χ2v) is 3.81. The average molecular weight is 263 g/mol. The molecule has 19 heavy (non-hydrogen) atoms. The molecule has 0 bridgehead atoms. The van der Waals surface area contributed by atoms with Gasteiger partial charge in [-0.1, -0.05) is 17.3 Å². The van der Waals surface area contributed by atoms with Gasteiger partial charge in [-0.3, -0.25) is 0 Å². The first-order chi connectivity index (χ1) is 9.35. The average Bonchev–Trinajstić information content (AvgIpc) is 2.93. The van der Waals surface area contributed by atoms with Gasteiger partial charge in [0.25, 0.3) is 0 Å². The van der Waals surface area contributed by atoms with Crippen LogP contribution in [0.1, 0.15) is 18.3 Å². The zero-order valence-corrected chi connectivity index (χ0v) is 11.0. The lowest BCUT2D eigenvalue weighted by atomic mass is 10.2. The van der Waals surface area contributed by atoms with Gasteiger partial charge in [0.05, 0.1) is 20.3 Å². The van der Waals surface area contributed by atoms with Crippen LogP contribution in [-0.2, 0) is 13.1 Å². The molecular formula is C12H17N5O2. The second kappa shape index (κ2) is 6.69. The van der Waals surface area contributed by atoms with Gasteiger partial charge in [0.1, 0.15) is 0 Å². The lowest BCUT2D eigenvalue weighted by Gasteiger charge is -2.13. The normalized spacial score (nSPS) is 10.4. The van der Waals surface area contributed by atoms with Gasteiger partial charge in [-0.15, -0.1) is 10.2 Å². The number of benzene rings is 1. The van der Waals surface area contributed by atoms with Gasteiger partial charge in [-0.05, 0) is 13.0 Å². The SMILES string of the molecule is CCOc1cccc(CNCc2nn[nH]n2)c1OC. The summed E-state index contributed by atoms with van der Waals surface area (Å²) in [6.07, 6.45) is 0. The van der Waals surface area contributed by atoms with Crippen molar-refractivity contribution in [1.29, 1.82) is 0 Å². The third-order valence-electron chi connectivity index (χ3n) is 2.55. The molecule has 2 aromatic rings. The Balaban J connectivity index is 2.00. The number of ether oxygens (including phenoxy) is 2. The summed E-state index contributed by atoms with van der Waals surface area (Å²) in [7, 11) is 1.64. The Morgan fingerprint density at radius 2 is 2.21 bits per heavy atom. The van der Waals surface area contributed by atoms with Crippen molar-refractivity contribution in [2.24, 2.45) is 0 Å². The standard InChI is InChI=1S/C12H17N5O2/c1-3-19-10-6-4-5-9(12(10)18-2)7-13-8-11-14-16-17-15-11/h4-6,13H,3,7-8H2,1-2H3,(H,14,15,16,17). The molecule has 0 aliphatic heterocycles. The molecular weight excluding hydrogens is 246 g/mol. The van der Waals surface area contributed by atoms with Crippen LogP contribution in [0.4, 0.5) is 0 Å². The molecule has 0 amide bonds. The fourth-order valence-corrected chi connectivity index (χ4v) is 1.77. The van der Waals surface area contributed by atoms with Crippen LogP contribution < -0.4 is 14.8 Å². The van der Waals surface area contributed by atoms with Crippen molar-refractivity contribution in [2.45, 2.75) is 20.0 Å². The minimum Gasteiger partial charge on any atom is -0.493 e. The smallest absolute Gasteiger partial charge is 0.188 e. The van der Waals surface area contributed by atoms with Gasteiger partial charge in [-0.2, -0.15) is 5.21 Å². The van der Waals surface area contributed by atoms with Crippen LogP contribution in [0.2, 0.25) is 0 Å². The molecule has 0 aliphatic rings. The summed E-state index contributed by atoms with van der Waals surface area (Å²) in [6.45, 7) is 3.73. The highest BCUT2D eigenvalue weighted by Crippen LogP contribution is 2.30. The molecule has 0 fully saturated rings. The van der Waals surface area contributed by atoms with Gasteiger partial charge >= 0.3 is 0 Å². The van der Waals surface area contributed by atoms with E-state index in [2.05, 4.69) is 25.9 Å². The van der Waals surface area contributed by atoms with Crippen molar-refractivity contribution in [1.82, 2.24) is 25.9 Å². The van der Waals surface area contributed by atoms with Gasteiger partial charge in [0.2, 0.25) is 0 Å². The van der Waals surface area contributed by atoms with Crippen LogP contribution in [0.3, 0.4) is 0 Å². The van der Waals surface area contributed by atoms with Crippen LogP contribution in [0.5, 0.6) is 11.5 Å². The van der Waals surface area contributed by atoms with E-state index in [1.165, 1.54) is 0 Å². The summed E-state index contributed by atoms with van der Waals surface area (Å²) in [4.78, 5) is 0. The lowest BCUT2D eigenvalue weighted by molar-refractivity contribution is 0.308. The van der Waals surface area contributed by atoms with E-state index in [1.807, 2.05) is 25.1 Å². The zero-order chi connectivity index (χ0) is 13.5. The molecule has 1 heterocycles. The van der Waals surface area contributed by atoms with Gasteiger partial charge in [0, 0.05) is 12.1 Å². The number of nitrogens with one attached hydrogen (secondary N) is 2. The number of tetrazole rings is 1. The molecule has 1 aromatic carbocycles. The first kappa shape index (κ1) is 13.3. The van der Waals surface area contributed by atoms with Crippen LogP contribution in [0, 0.1) is 0 Å². The third-order valence-corrected chi connectivity index (χ3v) is 2.55. The molecule has 7 heteroatoms. The first-order valence-electron chi connectivity index (χ1n) is 6.06. The van der Waals surface area contributed by atoms with Crippen LogP contribution in [-0.4, -0.2) is 34.3 Å².